The van der Waals surface area contributed by atoms with Gasteiger partial charge in [0.2, 0.25) is 5.95 Å². The van der Waals surface area contributed by atoms with Crippen LogP contribution in [-0.2, 0) is 16.1 Å². The third kappa shape index (κ3) is 6.74. The summed E-state index contributed by atoms with van der Waals surface area (Å²) < 4.78 is 8.83. The summed E-state index contributed by atoms with van der Waals surface area (Å²) in [6.45, 7) is 16.6. The molecule has 39 heavy (non-hydrogen) atoms. The molecule has 1 aromatic carbocycles. The minimum Gasteiger partial charge on any atom is -0.497 e. The monoisotopic (exact) mass is 529 g/mol. The van der Waals surface area contributed by atoms with Crippen LogP contribution in [0.1, 0.15) is 98.5 Å². The third-order valence-corrected chi connectivity index (χ3v) is 8.36. The molecule has 0 saturated heterocycles. The number of benzene rings is 1. The highest BCUT2D eigenvalue weighted by Gasteiger charge is 2.28. The van der Waals surface area contributed by atoms with Gasteiger partial charge in [-0.05, 0) is 112 Å². The molecule has 1 saturated carbocycles. The van der Waals surface area contributed by atoms with Crippen molar-refractivity contribution in [3.8, 4) is 0 Å². The fourth-order valence-electron chi connectivity index (χ4n) is 5.98. The normalized spacial score (nSPS) is 25.6. The Morgan fingerprint density at radius 2 is 2.00 bits per heavy atom. The highest BCUT2D eigenvalue weighted by molar-refractivity contribution is 6.06. The number of hydrogen-bond donors (Lipinski definition) is 1. The summed E-state index contributed by atoms with van der Waals surface area (Å²) >= 11 is 0. The zero-order chi connectivity index (χ0) is 28.1. The van der Waals surface area contributed by atoms with E-state index in [-0.39, 0.29) is 5.91 Å². The Balaban J connectivity index is 1.86. The number of rotatable bonds is 5. The first-order valence-electron chi connectivity index (χ1n) is 14.9. The van der Waals surface area contributed by atoms with Gasteiger partial charge in [0.25, 0.3) is 5.91 Å². The molecule has 210 valence electrons. The summed E-state index contributed by atoms with van der Waals surface area (Å²) in [5.41, 5.74) is 7.28. The van der Waals surface area contributed by atoms with E-state index in [4.69, 9.17) is 9.72 Å². The molecular formula is C34H47N3O2. The predicted octanol–water partition coefficient (Wildman–Crippen LogP) is 8.85. The lowest BCUT2D eigenvalue weighted by Crippen LogP contribution is -2.19. The van der Waals surface area contributed by atoms with E-state index in [1.54, 1.807) is 0 Å². The number of anilines is 1. The van der Waals surface area contributed by atoms with E-state index >= 15 is 0 Å². The van der Waals surface area contributed by atoms with E-state index in [1.807, 2.05) is 32.1 Å². The van der Waals surface area contributed by atoms with Crippen molar-refractivity contribution in [3.05, 3.63) is 70.0 Å². The number of nitrogens with zero attached hydrogens (tertiary/aromatic N) is 2. The molecule has 1 aliphatic carbocycles. The lowest BCUT2D eigenvalue weighted by Gasteiger charge is -2.19. The molecule has 2 unspecified atom stereocenters. The SMILES string of the molecule is CC=C(C)\C=C1/C=C(C)/C(CC)=C(/CCC)OCC2CCC(C2)Cn2c(nc3ccc(C(C)C)cc32)NC1=O. The van der Waals surface area contributed by atoms with Gasteiger partial charge in [0, 0.05) is 18.5 Å². The average Bonchev–Trinajstić information content (AvgIpc) is 3.50. The highest BCUT2D eigenvalue weighted by Crippen LogP contribution is 2.36. The summed E-state index contributed by atoms with van der Waals surface area (Å²) in [6, 6.07) is 6.51. The molecule has 0 radical (unpaired) electrons. The molecule has 1 N–H and O–H groups in total. The third-order valence-electron chi connectivity index (χ3n) is 8.36. The van der Waals surface area contributed by atoms with Crippen LogP contribution in [0.2, 0.25) is 0 Å². The van der Waals surface area contributed by atoms with Crippen molar-refractivity contribution in [3.63, 3.8) is 0 Å². The van der Waals surface area contributed by atoms with Gasteiger partial charge in [-0.25, -0.2) is 4.98 Å². The summed E-state index contributed by atoms with van der Waals surface area (Å²) in [5.74, 6) is 3.11. The molecule has 2 bridgehead atoms. The Labute approximate surface area is 235 Å². The van der Waals surface area contributed by atoms with Crippen molar-refractivity contribution in [1.82, 2.24) is 9.55 Å². The lowest BCUT2D eigenvalue weighted by molar-refractivity contribution is -0.112. The Hall–Kier alpha value is -3.08. The first-order chi connectivity index (χ1) is 18.7. The average molecular weight is 530 g/mol. The van der Waals surface area contributed by atoms with Crippen LogP contribution in [0.4, 0.5) is 5.95 Å². The molecule has 1 aromatic heterocycles. The molecule has 5 nitrogen and oxygen atoms in total. The van der Waals surface area contributed by atoms with Crippen LogP contribution in [-0.4, -0.2) is 22.1 Å². The lowest BCUT2D eigenvalue weighted by atomic mass is 9.98. The Morgan fingerprint density at radius 1 is 1.23 bits per heavy atom. The summed E-state index contributed by atoms with van der Waals surface area (Å²) in [6.07, 6.45) is 12.3. The van der Waals surface area contributed by atoms with E-state index in [1.165, 1.54) is 24.0 Å². The van der Waals surface area contributed by atoms with Gasteiger partial charge < -0.3 is 9.30 Å². The first kappa shape index (κ1) is 28.9. The quantitative estimate of drug-likeness (QED) is 0.394. The maximum atomic E-state index is 13.9. The van der Waals surface area contributed by atoms with Gasteiger partial charge in [-0.1, -0.05) is 45.4 Å². The maximum absolute atomic E-state index is 13.9. The first-order valence-corrected chi connectivity index (χ1v) is 14.9. The Bertz CT molecular complexity index is 1320. The van der Waals surface area contributed by atoms with Crippen molar-refractivity contribution in [2.45, 2.75) is 99.5 Å². The molecule has 1 fully saturated rings. The van der Waals surface area contributed by atoms with Crippen molar-refractivity contribution in [2.24, 2.45) is 11.8 Å². The van der Waals surface area contributed by atoms with Gasteiger partial charge in [-0.3, -0.25) is 10.1 Å². The van der Waals surface area contributed by atoms with Gasteiger partial charge >= 0.3 is 0 Å². The number of aromatic nitrogens is 2. The van der Waals surface area contributed by atoms with Gasteiger partial charge in [0.1, 0.15) is 0 Å². The summed E-state index contributed by atoms with van der Waals surface area (Å²) in [5, 5.41) is 3.22. The number of allylic oxidation sites excluding steroid dienone is 6. The zero-order valence-electron chi connectivity index (χ0n) is 25.1. The second-order valence-corrected chi connectivity index (χ2v) is 11.7. The summed E-state index contributed by atoms with van der Waals surface area (Å²) in [7, 11) is 0. The number of nitrogens with one attached hydrogen (secondary N) is 1. The fraction of sp³-hybridized carbons (Fsp3) is 0.529. The van der Waals surface area contributed by atoms with Crippen molar-refractivity contribution < 1.29 is 9.53 Å². The van der Waals surface area contributed by atoms with Crippen molar-refractivity contribution in [1.29, 1.82) is 0 Å². The fourth-order valence-corrected chi connectivity index (χ4v) is 5.98. The number of fused-ring (bicyclic) bond motifs is 5. The topological polar surface area (TPSA) is 56.1 Å². The smallest absolute Gasteiger partial charge is 0.257 e. The Morgan fingerprint density at radius 3 is 2.69 bits per heavy atom. The number of hydrogen-bond acceptors (Lipinski definition) is 3. The van der Waals surface area contributed by atoms with Gasteiger partial charge in [0.05, 0.1) is 23.4 Å². The summed E-state index contributed by atoms with van der Waals surface area (Å²) in [4.78, 5) is 18.8. The van der Waals surface area contributed by atoms with Crippen molar-refractivity contribution in [2.75, 3.05) is 11.9 Å². The molecular weight excluding hydrogens is 482 g/mol. The molecule has 2 aromatic rings. The van der Waals surface area contributed by atoms with E-state index in [9.17, 15) is 4.79 Å². The number of imidazole rings is 1. The van der Waals surface area contributed by atoms with Gasteiger partial charge in [-0.15, -0.1) is 0 Å². The molecule has 0 spiro atoms. The molecule has 4 rings (SSSR count). The largest absolute Gasteiger partial charge is 0.497 e. The minimum atomic E-state index is -0.135. The van der Waals surface area contributed by atoms with Gasteiger partial charge in [0.15, 0.2) is 0 Å². The van der Waals surface area contributed by atoms with Crippen LogP contribution in [0, 0.1) is 11.8 Å². The number of amides is 1. The van der Waals surface area contributed by atoms with Crippen LogP contribution >= 0.6 is 0 Å². The van der Waals surface area contributed by atoms with E-state index < -0.39 is 0 Å². The predicted molar refractivity (Wildman–Crippen MR) is 163 cm³/mol. The van der Waals surface area contributed by atoms with Crippen LogP contribution in [0.25, 0.3) is 11.0 Å². The van der Waals surface area contributed by atoms with Crippen LogP contribution in [0.5, 0.6) is 0 Å². The second-order valence-electron chi connectivity index (χ2n) is 11.7. The van der Waals surface area contributed by atoms with Crippen LogP contribution in [0.3, 0.4) is 0 Å². The molecule has 5 heteroatoms. The zero-order valence-corrected chi connectivity index (χ0v) is 25.1. The molecule has 1 aliphatic heterocycles. The van der Waals surface area contributed by atoms with Crippen molar-refractivity contribution >= 4 is 22.9 Å². The van der Waals surface area contributed by atoms with E-state index in [2.05, 4.69) is 62.7 Å². The molecule has 1 amide bonds. The van der Waals surface area contributed by atoms with E-state index in [0.29, 0.717) is 29.3 Å². The van der Waals surface area contributed by atoms with Crippen LogP contribution < -0.4 is 5.32 Å². The Kier molecular flexibility index (Phi) is 9.53. The molecule has 2 heterocycles. The van der Waals surface area contributed by atoms with E-state index in [0.717, 1.165) is 66.8 Å². The highest BCUT2D eigenvalue weighted by atomic mass is 16.5. The molecule has 2 aliphatic rings. The number of carbonyl (C=O) groups is 1. The number of ether oxygens (including phenoxy) is 1. The maximum Gasteiger partial charge on any atom is 0.257 e. The molecule has 2 atom stereocenters. The number of carbonyl (C=O) groups excluding carboxylic acids is 1. The minimum absolute atomic E-state index is 0.135. The van der Waals surface area contributed by atoms with Gasteiger partial charge in [-0.2, -0.15) is 0 Å². The second kappa shape index (κ2) is 12.8. The standard InChI is InChI=1S/C34H47N3O2/c1-8-11-32-29(10-3)24(7)17-28(16-23(6)9-2)33(38)36-34-35-30-15-14-27(22(4)5)19-31(30)37(34)20-25-12-13-26(18-25)21-39-32/h9,14-17,19,22,25-26H,8,10-13,18,20-21H2,1-7H3,(H,35,36,38)/b23-9?,24-17+,28-16+,32-29-. The van der Waals surface area contributed by atoms with Crippen LogP contribution in [0.15, 0.2) is 64.5 Å².